The van der Waals surface area contributed by atoms with Gasteiger partial charge in [0.1, 0.15) is 5.01 Å². The normalized spacial score (nSPS) is 13.6. The van der Waals surface area contributed by atoms with Crippen molar-refractivity contribution in [1.29, 1.82) is 0 Å². The first kappa shape index (κ1) is 20.9. The lowest BCUT2D eigenvalue weighted by Crippen LogP contribution is -2.42. The van der Waals surface area contributed by atoms with Gasteiger partial charge in [-0.1, -0.05) is 27.7 Å². The first-order valence-electron chi connectivity index (χ1n) is 8.64. The van der Waals surface area contributed by atoms with Crippen molar-refractivity contribution in [3.05, 3.63) is 16.1 Å². The standard InChI is InChI=1S/C17H32N4O2S/c1-6-18-17(19-7-14(22)10-23-9-12(2)3)20-8-16-21-15(11-24-16)13(4)5/h11-14,22H,6-10H2,1-5H3,(H2,18,19,20). The van der Waals surface area contributed by atoms with Crippen molar-refractivity contribution in [3.8, 4) is 0 Å². The predicted octanol–water partition coefficient (Wildman–Crippen LogP) is 2.36. The quantitative estimate of drug-likeness (QED) is 0.443. The molecule has 1 atom stereocenters. The van der Waals surface area contributed by atoms with Gasteiger partial charge in [-0.3, -0.25) is 0 Å². The van der Waals surface area contributed by atoms with Gasteiger partial charge in [0.25, 0.3) is 0 Å². The monoisotopic (exact) mass is 356 g/mol. The summed E-state index contributed by atoms with van der Waals surface area (Å²) in [6.45, 7) is 13.1. The number of aromatic nitrogens is 1. The Morgan fingerprint density at radius 2 is 2.04 bits per heavy atom. The molecule has 0 aliphatic rings. The fourth-order valence-corrected chi connectivity index (χ4v) is 2.74. The molecule has 1 unspecified atom stereocenters. The minimum absolute atomic E-state index is 0.328. The number of hydrogen-bond donors (Lipinski definition) is 3. The number of rotatable bonds is 10. The summed E-state index contributed by atoms with van der Waals surface area (Å²) in [5.41, 5.74) is 1.11. The van der Waals surface area contributed by atoms with Crippen molar-refractivity contribution < 1.29 is 9.84 Å². The second-order valence-electron chi connectivity index (χ2n) is 6.48. The second kappa shape index (κ2) is 11.4. The van der Waals surface area contributed by atoms with Gasteiger partial charge in [-0.05, 0) is 18.8 Å². The van der Waals surface area contributed by atoms with Crippen LogP contribution in [0.1, 0.15) is 51.2 Å². The molecule has 0 amide bonds. The van der Waals surface area contributed by atoms with Gasteiger partial charge in [0.05, 0.1) is 24.9 Å². The Hall–Kier alpha value is -1.18. The lowest BCUT2D eigenvalue weighted by Gasteiger charge is -2.16. The molecule has 138 valence electrons. The molecule has 0 bridgehead atoms. The maximum absolute atomic E-state index is 9.95. The molecule has 1 aromatic rings. The lowest BCUT2D eigenvalue weighted by molar-refractivity contribution is 0.0280. The highest BCUT2D eigenvalue weighted by Crippen LogP contribution is 2.18. The van der Waals surface area contributed by atoms with Crippen LogP contribution in [-0.2, 0) is 11.3 Å². The van der Waals surface area contributed by atoms with Crippen LogP contribution in [0.15, 0.2) is 10.4 Å². The van der Waals surface area contributed by atoms with Crippen molar-refractivity contribution in [1.82, 2.24) is 15.6 Å². The van der Waals surface area contributed by atoms with Crippen molar-refractivity contribution >= 4 is 17.3 Å². The van der Waals surface area contributed by atoms with Gasteiger partial charge in [-0.15, -0.1) is 11.3 Å². The molecule has 0 radical (unpaired) electrons. The first-order valence-corrected chi connectivity index (χ1v) is 9.52. The fourth-order valence-electron chi connectivity index (χ4n) is 1.86. The highest BCUT2D eigenvalue weighted by Gasteiger charge is 2.08. The third kappa shape index (κ3) is 8.61. The SMILES string of the molecule is CCNC(=NCc1nc(C(C)C)cs1)NCC(O)COCC(C)C. The van der Waals surface area contributed by atoms with Gasteiger partial charge < -0.3 is 20.5 Å². The van der Waals surface area contributed by atoms with Crippen LogP contribution in [0.25, 0.3) is 0 Å². The zero-order chi connectivity index (χ0) is 17.9. The second-order valence-corrected chi connectivity index (χ2v) is 7.42. The molecule has 0 saturated heterocycles. The maximum Gasteiger partial charge on any atom is 0.191 e. The Bertz CT molecular complexity index is 489. The molecule has 1 heterocycles. The van der Waals surface area contributed by atoms with Crippen LogP contribution in [-0.4, -0.2) is 48.5 Å². The number of aliphatic hydroxyl groups is 1. The molecule has 6 nitrogen and oxygen atoms in total. The van der Waals surface area contributed by atoms with Crippen LogP contribution in [0.2, 0.25) is 0 Å². The summed E-state index contributed by atoms with van der Waals surface area (Å²) in [7, 11) is 0. The van der Waals surface area contributed by atoms with Crippen molar-refractivity contribution in [2.45, 2.75) is 53.2 Å². The number of hydrogen-bond acceptors (Lipinski definition) is 5. The molecule has 24 heavy (non-hydrogen) atoms. The van der Waals surface area contributed by atoms with E-state index in [2.05, 4.69) is 53.7 Å². The van der Waals surface area contributed by atoms with E-state index in [1.165, 1.54) is 0 Å². The Labute approximate surface area is 149 Å². The molecule has 0 aliphatic heterocycles. The van der Waals surface area contributed by atoms with Gasteiger partial charge in [0.15, 0.2) is 5.96 Å². The lowest BCUT2D eigenvalue weighted by atomic mass is 10.2. The van der Waals surface area contributed by atoms with E-state index in [-0.39, 0.29) is 0 Å². The van der Waals surface area contributed by atoms with E-state index >= 15 is 0 Å². The molecule has 0 spiro atoms. The summed E-state index contributed by atoms with van der Waals surface area (Å²) in [6, 6.07) is 0. The topological polar surface area (TPSA) is 78.8 Å². The summed E-state index contributed by atoms with van der Waals surface area (Å²) >= 11 is 1.63. The third-order valence-corrected chi connectivity index (χ3v) is 4.00. The zero-order valence-corrected chi connectivity index (χ0v) is 16.3. The van der Waals surface area contributed by atoms with Crippen LogP contribution in [0.4, 0.5) is 0 Å². The molecule has 0 fully saturated rings. The smallest absolute Gasteiger partial charge is 0.191 e. The third-order valence-electron chi connectivity index (χ3n) is 3.14. The molecule has 1 rings (SSSR count). The summed E-state index contributed by atoms with van der Waals surface area (Å²) in [6.07, 6.45) is -0.556. The largest absolute Gasteiger partial charge is 0.389 e. The minimum atomic E-state index is -0.556. The summed E-state index contributed by atoms with van der Waals surface area (Å²) < 4.78 is 5.44. The number of ether oxygens (including phenoxy) is 1. The number of thiazole rings is 1. The number of aliphatic imine (C=N–C) groups is 1. The van der Waals surface area contributed by atoms with Gasteiger partial charge in [0, 0.05) is 25.1 Å². The van der Waals surface area contributed by atoms with E-state index < -0.39 is 6.10 Å². The summed E-state index contributed by atoms with van der Waals surface area (Å²) in [5.74, 6) is 1.59. The first-order chi connectivity index (χ1) is 11.4. The average Bonchev–Trinajstić information content (AvgIpc) is 2.99. The van der Waals surface area contributed by atoms with Crippen molar-refractivity contribution in [2.75, 3.05) is 26.3 Å². The number of nitrogens with zero attached hydrogens (tertiary/aromatic N) is 2. The highest BCUT2D eigenvalue weighted by molar-refractivity contribution is 7.09. The van der Waals surface area contributed by atoms with E-state index in [1.54, 1.807) is 11.3 Å². The maximum atomic E-state index is 9.95. The van der Waals surface area contributed by atoms with E-state index in [0.29, 0.717) is 44.1 Å². The molecular weight excluding hydrogens is 324 g/mol. The van der Waals surface area contributed by atoms with E-state index in [9.17, 15) is 5.11 Å². The summed E-state index contributed by atoms with van der Waals surface area (Å²) in [5, 5.41) is 19.4. The molecule has 7 heteroatoms. The predicted molar refractivity (Wildman–Crippen MR) is 101 cm³/mol. The van der Waals surface area contributed by atoms with E-state index in [4.69, 9.17) is 4.74 Å². The molecule has 1 aromatic heterocycles. The number of aliphatic hydroxyl groups excluding tert-OH is 1. The van der Waals surface area contributed by atoms with Crippen LogP contribution in [0.3, 0.4) is 0 Å². The van der Waals surface area contributed by atoms with Crippen molar-refractivity contribution in [3.63, 3.8) is 0 Å². The van der Waals surface area contributed by atoms with Crippen molar-refractivity contribution in [2.24, 2.45) is 10.9 Å². The molecule has 0 aromatic carbocycles. The fraction of sp³-hybridized carbons (Fsp3) is 0.765. The average molecular weight is 357 g/mol. The van der Waals surface area contributed by atoms with Gasteiger partial charge in [0.2, 0.25) is 0 Å². The Morgan fingerprint density at radius 1 is 1.29 bits per heavy atom. The Kier molecular flexibility index (Phi) is 9.90. The van der Waals surface area contributed by atoms with Crippen LogP contribution >= 0.6 is 11.3 Å². The van der Waals surface area contributed by atoms with Gasteiger partial charge in [-0.2, -0.15) is 0 Å². The number of nitrogens with one attached hydrogen (secondary N) is 2. The van der Waals surface area contributed by atoms with Crippen LogP contribution in [0.5, 0.6) is 0 Å². The number of guanidine groups is 1. The molecular formula is C17H32N4O2S. The van der Waals surface area contributed by atoms with E-state index in [0.717, 1.165) is 17.2 Å². The minimum Gasteiger partial charge on any atom is -0.389 e. The van der Waals surface area contributed by atoms with E-state index in [1.807, 2.05) is 6.92 Å². The summed E-state index contributed by atoms with van der Waals surface area (Å²) in [4.78, 5) is 9.11. The van der Waals surface area contributed by atoms with Crippen LogP contribution < -0.4 is 10.6 Å². The van der Waals surface area contributed by atoms with Crippen LogP contribution in [0, 0.1) is 5.92 Å². The van der Waals surface area contributed by atoms with Gasteiger partial charge in [-0.25, -0.2) is 9.98 Å². The highest BCUT2D eigenvalue weighted by atomic mass is 32.1. The molecule has 3 N–H and O–H groups in total. The molecule has 0 aliphatic carbocycles. The molecule has 0 saturated carbocycles. The van der Waals surface area contributed by atoms with Gasteiger partial charge >= 0.3 is 0 Å². The Morgan fingerprint density at radius 3 is 2.62 bits per heavy atom. The zero-order valence-electron chi connectivity index (χ0n) is 15.5. The Balaban J connectivity index is 2.44.